The summed E-state index contributed by atoms with van der Waals surface area (Å²) in [5.74, 6) is -0.786. The van der Waals surface area contributed by atoms with E-state index < -0.39 is 88.0 Å². The Hall–Kier alpha value is -2.85. The van der Waals surface area contributed by atoms with Crippen molar-refractivity contribution in [3.63, 3.8) is 0 Å². The number of aromatic nitrogens is 7. The molecule has 4 aromatic heterocycles. The van der Waals surface area contributed by atoms with Crippen LogP contribution in [-0.4, -0.2) is 111 Å². The zero-order valence-electron chi connectivity index (χ0n) is 23.7. The van der Waals surface area contributed by atoms with Crippen LogP contribution >= 0.6 is 14.5 Å². The van der Waals surface area contributed by atoms with E-state index in [1.165, 1.54) is 21.8 Å². The number of phosphoric acid groups is 1. The number of nitrogens with one attached hydrogen (secondary N) is 1. The molecule has 19 nitrogen and oxygen atoms in total. The Kier molecular flexibility index (Phi) is 8.51. The van der Waals surface area contributed by atoms with Gasteiger partial charge in [0, 0.05) is 6.20 Å². The molecule has 7 heterocycles. The van der Waals surface area contributed by atoms with Gasteiger partial charge in [-0.1, -0.05) is 0 Å². The molecule has 4 aromatic rings. The number of nitrogens with two attached hydrogens (primary N) is 1. The summed E-state index contributed by atoms with van der Waals surface area (Å²) in [4.78, 5) is 52.0. The number of aliphatic hydroxyl groups is 1. The van der Waals surface area contributed by atoms with Crippen LogP contribution in [0.25, 0.3) is 22.2 Å². The Morgan fingerprint density at radius 3 is 2.57 bits per heavy atom. The lowest BCUT2D eigenvalue weighted by atomic mass is 10.1. The molecule has 6 N–H and O–H groups in total. The van der Waals surface area contributed by atoms with Gasteiger partial charge in [0.25, 0.3) is 5.56 Å². The van der Waals surface area contributed by atoms with E-state index in [0.717, 1.165) is 12.5 Å². The van der Waals surface area contributed by atoms with Crippen LogP contribution in [0.15, 0.2) is 30.0 Å². The quantitative estimate of drug-likeness (QED) is 0.169. The lowest BCUT2D eigenvalue weighted by Gasteiger charge is -2.26. The van der Waals surface area contributed by atoms with Crippen molar-refractivity contribution in [2.75, 3.05) is 18.9 Å². The first kappa shape index (κ1) is 32.7. The highest BCUT2D eigenvalue weighted by molar-refractivity contribution is 8.07. The Morgan fingerprint density at radius 2 is 1.77 bits per heavy atom. The number of hydrogen-bond acceptors (Lipinski definition) is 15. The molecule has 10 atom stereocenters. The number of halogens is 2. The molecule has 3 aliphatic rings. The molecule has 0 spiro atoms. The third kappa shape index (κ3) is 6.25. The summed E-state index contributed by atoms with van der Waals surface area (Å²) in [6.45, 7) is -6.19. The van der Waals surface area contributed by atoms with Gasteiger partial charge >= 0.3 is 14.5 Å². The van der Waals surface area contributed by atoms with Crippen molar-refractivity contribution in [3.05, 3.63) is 41.3 Å². The van der Waals surface area contributed by atoms with E-state index in [1.807, 2.05) is 0 Å². The molecule has 254 valence electrons. The predicted molar refractivity (Wildman–Crippen MR) is 156 cm³/mol. The number of anilines is 1. The van der Waals surface area contributed by atoms with Gasteiger partial charge in [0.15, 0.2) is 23.5 Å². The second-order valence-corrected chi connectivity index (χ2v) is 15.1. The van der Waals surface area contributed by atoms with Gasteiger partial charge in [-0.25, -0.2) is 33.3 Å². The van der Waals surface area contributed by atoms with E-state index in [4.69, 9.17) is 45.1 Å². The van der Waals surface area contributed by atoms with Gasteiger partial charge in [0.2, 0.25) is 0 Å². The minimum absolute atomic E-state index is 0.0701. The van der Waals surface area contributed by atoms with Crippen molar-refractivity contribution in [2.45, 2.75) is 62.0 Å². The van der Waals surface area contributed by atoms with Crippen LogP contribution in [0.2, 0.25) is 0 Å². The van der Waals surface area contributed by atoms with Crippen LogP contribution in [0.1, 0.15) is 0 Å². The number of ether oxygens (including phenoxy) is 2. The van der Waals surface area contributed by atoms with Crippen LogP contribution in [0.5, 0.6) is 0 Å². The lowest BCUT2D eigenvalue weighted by molar-refractivity contribution is -0.0426. The number of aromatic amines is 1. The zero-order chi connectivity index (χ0) is 33.2. The maximum atomic E-state index is 15.9. The van der Waals surface area contributed by atoms with Crippen LogP contribution in [-0.2, 0) is 57.0 Å². The van der Waals surface area contributed by atoms with Crippen molar-refractivity contribution in [2.24, 2.45) is 0 Å². The first-order valence-corrected chi connectivity index (χ1v) is 18.0. The average Bonchev–Trinajstić information content (AvgIpc) is 3.73. The van der Waals surface area contributed by atoms with Gasteiger partial charge in [0.05, 0.1) is 39.0 Å². The third-order valence-electron chi connectivity index (χ3n) is 7.93. The summed E-state index contributed by atoms with van der Waals surface area (Å²) in [6.07, 6.45) is -7.55. The molecule has 2 bridgehead atoms. The van der Waals surface area contributed by atoms with Gasteiger partial charge in [0.1, 0.15) is 65.6 Å². The van der Waals surface area contributed by atoms with E-state index in [9.17, 15) is 28.6 Å². The number of H-pyrrole nitrogens is 1. The molecule has 7 rings (SSSR count). The average molecular weight is 723 g/mol. The molecule has 2 unspecified atom stereocenters. The fourth-order valence-electron chi connectivity index (χ4n) is 5.78. The zero-order valence-corrected chi connectivity index (χ0v) is 26.3. The van der Waals surface area contributed by atoms with E-state index >= 15 is 4.39 Å². The molecular weight excluding hydrogens is 696 g/mol. The molecule has 0 radical (unpaired) electrons. The van der Waals surface area contributed by atoms with Gasteiger partial charge in [-0.15, -0.1) is 0 Å². The largest absolute Gasteiger partial charge is 0.472 e. The van der Waals surface area contributed by atoms with Crippen molar-refractivity contribution in [1.82, 2.24) is 34.1 Å². The first-order valence-electron chi connectivity index (χ1n) is 13.9. The van der Waals surface area contributed by atoms with E-state index in [1.54, 1.807) is 0 Å². The lowest BCUT2D eigenvalue weighted by Crippen LogP contribution is -2.37. The summed E-state index contributed by atoms with van der Waals surface area (Å²) in [6, 6.07) is 0. The molecule has 47 heavy (non-hydrogen) atoms. The molecule has 0 aliphatic carbocycles. The molecule has 3 fully saturated rings. The number of alkyl halides is 1. The van der Waals surface area contributed by atoms with E-state index in [0.29, 0.717) is 5.65 Å². The first-order chi connectivity index (χ1) is 22.3. The number of nitrogens with zero attached hydrogens (tertiary/aromatic N) is 6. The molecule has 3 aliphatic heterocycles. The van der Waals surface area contributed by atoms with Crippen LogP contribution in [0.4, 0.5) is 14.6 Å². The third-order valence-corrected chi connectivity index (χ3v) is 10.5. The molecule has 3 saturated heterocycles. The predicted octanol–water partition coefficient (Wildman–Crippen LogP) is -0.346. The van der Waals surface area contributed by atoms with Gasteiger partial charge < -0.3 is 48.7 Å². The summed E-state index contributed by atoms with van der Waals surface area (Å²) in [5.41, 5.74) is 5.58. The van der Waals surface area contributed by atoms with Crippen LogP contribution in [0, 0.1) is 5.82 Å². The number of fused-ring (bicyclic) bond motifs is 5. The second-order valence-electron chi connectivity index (χ2n) is 10.9. The van der Waals surface area contributed by atoms with Gasteiger partial charge in [-0.05, 0) is 11.8 Å². The van der Waals surface area contributed by atoms with Crippen molar-refractivity contribution >= 4 is 54.4 Å². The van der Waals surface area contributed by atoms with E-state index in [-0.39, 0.29) is 35.5 Å². The number of rotatable bonds is 4. The highest BCUT2D eigenvalue weighted by Crippen LogP contribution is 2.52. The van der Waals surface area contributed by atoms with Gasteiger partial charge in [-0.3, -0.25) is 18.4 Å². The number of imidazole rings is 1. The summed E-state index contributed by atoms with van der Waals surface area (Å²) < 4.78 is 79.3. The number of aliphatic hydroxyl groups excluding tert-OH is 1. The highest BCUT2D eigenvalue weighted by Gasteiger charge is 2.52. The maximum absolute atomic E-state index is 15.9. The van der Waals surface area contributed by atoms with Crippen LogP contribution < -0.4 is 11.3 Å². The molecule has 0 amide bonds. The number of hydrogen-bond donors (Lipinski definition) is 5. The molecule has 24 heteroatoms. The number of nitrogen functional groups attached to an aromatic ring is 1. The highest BCUT2D eigenvalue weighted by atomic mass is 32.5. The molecule has 0 aromatic carbocycles. The Balaban J connectivity index is 1.13. The van der Waals surface area contributed by atoms with E-state index in [2.05, 4.69) is 24.9 Å². The molecular formula is C23H26F2N8O11P2S. The molecule has 0 saturated carbocycles. The van der Waals surface area contributed by atoms with Crippen molar-refractivity contribution < 1.29 is 55.8 Å². The Labute approximate surface area is 266 Å². The standard InChI is InChI=1S/C23H26F2N8O11P2S/c24-9-1-32(21-14(9)23(35)30-7-28-21)3-11-19-17(34)12(42-11)4-40-46(38,47)44-18-13(5-39-45(36,37)43-19)41-10(15(18)25)2-33-8-31-16-20(26)27-6-29-22(16)33/h1,6-8,10-13,15,17-19,34H,2-5H2,(H,36,37)(H,38,47)(H2,26,27,29)(H,28,30,35)/t10-,11-,12+,13+,15-,17+,18+,19-,46?/m0/s1. The smallest absolute Gasteiger partial charge is 0.387 e. The van der Waals surface area contributed by atoms with Gasteiger partial charge in [-0.2, -0.15) is 0 Å². The Bertz CT molecular complexity index is 1980. The number of phosphoric ester groups is 1. The minimum Gasteiger partial charge on any atom is -0.387 e. The summed E-state index contributed by atoms with van der Waals surface area (Å²) in [7, 11) is -5.06. The SMILES string of the molecule is Nc1ncnc2c1ncn2C[C@@H]1O[C@@H]2COP(=O)(O)O[C@@H]3[C@H](O)[C@@H](COP(O)(=S)O[C@H]2[C@H]1F)O[C@H]3Cn1cc(F)c2c(=O)[nH]cnc21. The normalized spacial score (nSPS) is 36.6. The fraction of sp³-hybridized carbons (Fsp3) is 0.522. The summed E-state index contributed by atoms with van der Waals surface area (Å²) >= 11 is 5.12. The Morgan fingerprint density at radius 1 is 1.02 bits per heavy atom. The fourth-order valence-corrected chi connectivity index (χ4v) is 8.18. The monoisotopic (exact) mass is 722 g/mol. The second kappa shape index (κ2) is 12.2. The maximum Gasteiger partial charge on any atom is 0.472 e. The summed E-state index contributed by atoms with van der Waals surface area (Å²) in [5, 5.41) is 10.7. The van der Waals surface area contributed by atoms with Crippen LogP contribution in [0.3, 0.4) is 0 Å². The minimum atomic E-state index is -5.06. The topological polar surface area (TPSA) is 253 Å². The van der Waals surface area contributed by atoms with Crippen molar-refractivity contribution in [3.8, 4) is 0 Å². The van der Waals surface area contributed by atoms with Crippen molar-refractivity contribution in [1.29, 1.82) is 0 Å².